The minimum atomic E-state index is -1.10. The second kappa shape index (κ2) is 10.0. The van der Waals surface area contributed by atoms with Gasteiger partial charge in [-0.05, 0) is 34.2 Å². The van der Waals surface area contributed by atoms with Crippen LogP contribution in [0.25, 0.3) is 11.1 Å². The van der Waals surface area contributed by atoms with Gasteiger partial charge in [-0.1, -0.05) is 62.4 Å². The average molecular weight is 477 g/mol. The van der Waals surface area contributed by atoms with Crippen LogP contribution in [0.5, 0.6) is 0 Å². The number of carbonyl (C=O) groups excluding carboxylic acids is 2. The second-order valence-corrected chi connectivity index (χ2v) is 8.86. The number of hydrogen-bond acceptors (Lipinski definition) is 5. The van der Waals surface area contributed by atoms with E-state index in [9.17, 15) is 14.4 Å². The van der Waals surface area contributed by atoms with Crippen LogP contribution in [0.3, 0.4) is 0 Å². The van der Waals surface area contributed by atoms with Crippen molar-refractivity contribution in [2.24, 2.45) is 13.0 Å². The first kappa shape index (κ1) is 24.0. The molecule has 9 heteroatoms. The number of benzene rings is 2. The molecule has 0 saturated carbocycles. The van der Waals surface area contributed by atoms with Crippen LogP contribution in [0.2, 0.25) is 0 Å². The van der Waals surface area contributed by atoms with Crippen LogP contribution in [0.4, 0.5) is 4.79 Å². The molecule has 182 valence electrons. The largest absolute Gasteiger partial charge is 0.477 e. The zero-order valence-electron chi connectivity index (χ0n) is 19.8. The highest BCUT2D eigenvalue weighted by molar-refractivity contribution is 5.87. The Labute approximate surface area is 203 Å². The second-order valence-electron chi connectivity index (χ2n) is 8.86. The Bertz CT molecular complexity index is 1220. The number of rotatable bonds is 8. The topological polar surface area (TPSA) is 123 Å². The third kappa shape index (κ3) is 5.03. The van der Waals surface area contributed by atoms with Crippen molar-refractivity contribution < 1.29 is 24.2 Å². The molecule has 2 amide bonds. The summed E-state index contributed by atoms with van der Waals surface area (Å²) in [5.74, 6) is -1.79. The number of carboxylic acid groups (broad SMARTS) is 1. The van der Waals surface area contributed by atoms with Crippen LogP contribution in [-0.2, 0) is 23.1 Å². The van der Waals surface area contributed by atoms with Crippen LogP contribution >= 0.6 is 0 Å². The molecular weight excluding hydrogens is 448 g/mol. The monoisotopic (exact) mass is 476 g/mol. The molecule has 35 heavy (non-hydrogen) atoms. The third-order valence-electron chi connectivity index (χ3n) is 6.16. The van der Waals surface area contributed by atoms with Gasteiger partial charge >= 0.3 is 12.1 Å². The number of aryl methyl sites for hydroxylation is 1. The number of aromatic nitrogens is 2. The Balaban J connectivity index is 1.37. The highest BCUT2D eigenvalue weighted by atomic mass is 16.5. The summed E-state index contributed by atoms with van der Waals surface area (Å²) < 4.78 is 6.80. The van der Waals surface area contributed by atoms with E-state index in [1.165, 1.54) is 17.8 Å². The molecule has 0 aliphatic heterocycles. The van der Waals surface area contributed by atoms with Crippen molar-refractivity contribution in [1.82, 2.24) is 20.4 Å². The lowest BCUT2D eigenvalue weighted by molar-refractivity contribution is -0.124. The number of carbonyl (C=O) groups is 3. The summed E-state index contributed by atoms with van der Waals surface area (Å²) in [6.45, 7) is 3.82. The Hall–Kier alpha value is -4.14. The lowest BCUT2D eigenvalue weighted by Gasteiger charge is -2.22. The van der Waals surface area contributed by atoms with Crippen LogP contribution in [0, 0.1) is 5.92 Å². The van der Waals surface area contributed by atoms with Gasteiger partial charge in [0.1, 0.15) is 18.3 Å². The average Bonchev–Trinajstić information content (AvgIpc) is 3.37. The number of ether oxygens (including phenoxy) is 1. The number of amides is 2. The number of carboxylic acids is 1. The van der Waals surface area contributed by atoms with Crippen molar-refractivity contribution in [2.75, 3.05) is 6.61 Å². The molecule has 1 atom stereocenters. The molecule has 0 bridgehead atoms. The van der Waals surface area contributed by atoms with Gasteiger partial charge in [0, 0.05) is 13.0 Å². The van der Waals surface area contributed by atoms with E-state index in [1.807, 2.05) is 50.2 Å². The molecule has 1 aliphatic carbocycles. The van der Waals surface area contributed by atoms with Gasteiger partial charge in [0.25, 0.3) is 0 Å². The zero-order valence-corrected chi connectivity index (χ0v) is 19.8. The van der Waals surface area contributed by atoms with Crippen molar-refractivity contribution in [2.45, 2.75) is 32.4 Å². The molecule has 0 radical (unpaired) electrons. The van der Waals surface area contributed by atoms with Crippen molar-refractivity contribution in [3.63, 3.8) is 0 Å². The molecule has 0 spiro atoms. The number of nitrogens with one attached hydrogen (secondary N) is 2. The van der Waals surface area contributed by atoms with Gasteiger partial charge in [-0.2, -0.15) is 5.10 Å². The summed E-state index contributed by atoms with van der Waals surface area (Å²) >= 11 is 0. The standard InChI is InChI=1S/C26H28N4O5/c1-15(2)23(24(31)27-13-16-12-22(25(32)33)30(3)29-16)28-26(34)35-14-21-19-10-6-4-8-17(19)18-9-5-7-11-20(18)21/h4-12,15,21,23H,13-14H2,1-3H3,(H,27,31)(H,28,34)(H,32,33)/t23-/m0/s1. The summed E-state index contributed by atoms with van der Waals surface area (Å²) in [6, 6.07) is 16.7. The van der Waals surface area contributed by atoms with Crippen LogP contribution in [0.1, 0.15) is 47.1 Å². The molecule has 0 unspecified atom stereocenters. The third-order valence-corrected chi connectivity index (χ3v) is 6.16. The first-order chi connectivity index (χ1) is 16.8. The predicted octanol–water partition coefficient (Wildman–Crippen LogP) is 3.30. The van der Waals surface area contributed by atoms with E-state index in [4.69, 9.17) is 9.84 Å². The summed E-state index contributed by atoms with van der Waals surface area (Å²) in [6.07, 6.45) is -0.674. The number of aromatic carboxylic acids is 1. The number of alkyl carbamates (subject to hydrolysis) is 1. The van der Waals surface area contributed by atoms with Crippen LogP contribution in [-0.4, -0.2) is 45.5 Å². The van der Waals surface area contributed by atoms with Gasteiger partial charge in [0.2, 0.25) is 5.91 Å². The van der Waals surface area contributed by atoms with E-state index in [-0.39, 0.29) is 30.7 Å². The molecule has 1 aromatic heterocycles. The van der Waals surface area contributed by atoms with Gasteiger partial charge < -0.3 is 20.5 Å². The Morgan fingerprint density at radius 2 is 1.66 bits per heavy atom. The maximum absolute atomic E-state index is 12.8. The van der Waals surface area contributed by atoms with Crippen LogP contribution < -0.4 is 10.6 Å². The van der Waals surface area contributed by atoms with E-state index in [0.717, 1.165) is 22.3 Å². The molecule has 3 N–H and O–H groups in total. The fourth-order valence-electron chi connectivity index (χ4n) is 4.40. The molecule has 9 nitrogen and oxygen atoms in total. The lowest BCUT2D eigenvalue weighted by Crippen LogP contribution is -2.49. The Morgan fingerprint density at radius 1 is 1.06 bits per heavy atom. The van der Waals surface area contributed by atoms with Crippen LogP contribution in [0.15, 0.2) is 54.6 Å². The molecule has 1 heterocycles. The fraction of sp³-hybridized carbons (Fsp3) is 0.308. The molecule has 3 aromatic rings. The SMILES string of the molecule is CC(C)[C@H](NC(=O)OCC1c2ccccc2-c2ccccc21)C(=O)NCc1cc(C(=O)O)n(C)n1. The first-order valence-electron chi connectivity index (χ1n) is 11.4. The summed E-state index contributed by atoms with van der Waals surface area (Å²) in [5, 5.41) is 18.6. The van der Waals surface area contributed by atoms with Gasteiger partial charge in [-0.25, -0.2) is 9.59 Å². The molecule has 0 saturated heterocycles. The van der Waals surface area contributed by atoms with E-state index in [0.29, 0.717) is 5.69 Å². The molecule has 0 fully saturated rings. The molecular formula is C26H28N4O5. The maximum atomic E-state index is 12.8. The van der Waals surface area contributed by atoms with Crippen molar-refractivity contribution in [3.05, 3.63) is 77.1 Å². The van der Waals surface area contributed by atoms with E-state index in [1.54, 1.807) is 0 Å². The maximum Gasteiger partial charge on any atom is 0.407 e. The predicted molar refractivity (Wildman–Crippen MR) is 129 cm³/mol. The van der Waals surface area contributed by atoms with E-state index in [2.05, 4.69) is 27.9 Å². The Kier molecular flexibility index (Phi) is 6.86. The Morgan fingerprint density at radius 3 is 2.20 bits per heavy atom. The number of nitrogens with zero attached hydrogens (tertiary/aromatic N) is 2. The van der Waals surface area contributed by atoms with Gasteiger partial charge in [0.15, 0.2) is 0 Å². The molecule has 1 aliphatic rings. The smallest absolute Gasteiger partial charge is 0.407 e. The lowest BCUT2D eigenvalue weighted by atomic mass is 9.98. The zero-order chi connectivity index (χ0) is 25.1. The number of hydrogen-bond donors (Lipinski definition) is 3. The van der Waals surface area contributed by atoms with Gasteiger partial charge in [0.05, 0.1) is 12.2 Å². The van der Waals surface area contributed by atoms with Crippen molar-refractivity contribution in [1.29, 1.82) is 0 Å². The summed E-state index contributed by atoms with van der Waals surface area (Å²) in [5.41, 5.74) is 4.91. The molecule has 2 aromatic carbocycles. The summed E-state index contributed by atoms with van der Waals surface area (Å²) in [4.78, 5) is 36.6. The first-order valence-corrected chi connectivity index (χ1v) is 11.4. The minimum Gasteiger partial charge on any atom is -0.477 e. The highest BCUT2D eigenvalue weighted by Crippen LogP contribution is 2.44. The quantitative estimate of drug-likeness (QED) is 0.459. The van der Waals surface area contributed by atoms with Gasteiger partial charge in [-0.3, -0.25) is 9.48 Å². The number of fused-ring (bicyclic) bond motifs is 3. The van der Waals surface area contributed by atoms with E-state index < -0.39 is 24.0 Å². The van der Waals surface area contributed by atoms with Crippen molar-refractivity contribution >= 4 is 18.0 Å². The minimum absolute atomic E-state index is 0.0198. The highest BCUT2D eigenvalue weighted by Gasteiger charge is 2.30. The van der Waals surface area contributed by atoms with Gasteiger partial charge in [-0.15, -0.1) is 0 Å². The van der Waals surface area contributed by atoms with Crippen molar-refractivity contribution in [3.8, 4) is 11.1 Å². The fourth-order valence-corrected chi connectivity index (χ4v) is 4.40. The normalized spacial score (nSPS) is 13.1. The summed E-state index contributed by atoms with van der Waals surface area (Å²) in [7, 11) is 1.52. The van der Waals surface area contributed by atoms with E-state index >= 15 is 0 Å². The molecule has 4 rings (SSSR count).